The Morgan fingerprint density at radius 2 is 1.91 bits per heavy atom. The van der Waals surface area contributed by atoms with Crippen molar-refractivity contribution in [3.63, 3.8) is 0 Å². The van der Waals surface area contributed by atoms with Crippen LogP contribution in [0.2, 0.25) is 0 Å². The number of nitrogens with zero attached hydrogens (tertiary/aromatic N) is 2. The van der Waals surface area contributed by atoms with Crippen LogP contribution in [0.25, 0.3) is 11.0 Å². The molecule has 2 saturated heterocycles. The van der Waals surface area contributed by atoms with Gasteiger partial charge in [0.2, 0.25) is 5.91 Å². The first-order valence-corrected chi connectivity index (χ1v) is 12.4. The summed E-state index contributed by atoms with van der Waals surface area (Å²) < 4.78 is 16.3. The van der Waals surface area contributed by atoms with E-state index in [1.807, 2.05) is 17.0 Å². The zero-order valence-electron chi connectivity index (χ0n) is 22.0. The van der Waals surface area contributed by atoms with E-state index in [1.54, 1.807) is 0 Å². The van der Waals surface area contributed by atoms with E-state index in [-0.39, 0.29) is 23.2 Å². The van der Waals surface area contributed by atoms with Crippen molar-refractivity contribution in [2.75, 3.05) is 13.7 Å². The van der Waals surface area contributed by atoms with Crippen LogP contribution >= 0.6 is 0 Å². The molecule has 2 atom stereocenters. The van der Waals surface area contributed by atoms with Crippen molar-refractivity contribution < 1.29 is 23.6 Å². The Labute approximate surface area is 208 Å². The highest BCUT2D eigenvalue weighted by atomic mass is 16.7. The molecule has 2 fully saturated rings. The monoisotopic (exact) mass is 486 g/mol. The highest BCUT2D eigenvalue weighted by Gasteiger charge is 2.51. The van der Waals surface area contributed by atoms with Gasteiger partial charge in [-0.3, -0.25) is 4.79 Å². The number of carbonyl (C=O) groups excluding carboxylic acids is 2. The fraction of sp³-hybridized carbons (Fsp3) is 0.640. The number of rotatable bonds is 5. The number of aromatic nitrogens is 2. The second kappa shape index (κ2) is 10.6. The van der Waals surface area contributed by atoms with Crippen molar-refractivity contribution in [1.82, 2.24) is 14.9 Å². The van der Waals surface area contributed by atoms with Crippen LogP contribution in [0.15, 0.2) is 18.2 Å². The number of benzene rings is 1. The molecule has 0 aliphatic carbocycles. The molecule has 2 aliphatic heterocycles. The standard InChI is InChI=1S/C23H34BN3O3.C2H5NO2/c1-7-15(2)13-20(28)27-12-8-9-19(27)21-25-17-11-10-16(14-18(17)26-21)24-29-22(3,4)23(5,6)30-24;1-5-2(3)4/h10-11,14-15,19H,7-9,12-13H2,1-6H3,(H,25,26);1H3,(H2,3,4). The molecule has 4 rings (SSSR count). The zero-order chi connectivity index (χ0) is 26.0. The lowest BCUT2D eigenvalue weighted by Gasteiger charge is -2.32. The van der Waals surface area contributed by atoms with Crippen LogP contribution in [0.1, 0.15) is 79.1 Å². The van der Waals surface area contributed by atoms with Gasteiger partial charge in [0.1, 0.15) is 5.82 Å². The first-order chi connectivity index (χ1) is 16.4. The van der Waals surface area contributed by atoms with E-state index in [2.05, 4.69) is 63.1 Å². The van der Waals surface area contributed by atoms with Crippen LogP contribution in [0.4, 0.5) is 4.79 Å². The van der Waals surface area contributed by atoms with Crippen LogP contribution in [-0.2, 0) is 18.8 Å². The minimum atomic E-state index is -0.745. The number of primary amides is 1. The molecule has 9 nitrogen and oxygen atoms in total. The molecule has 1 aromatic carbocycles. The second-order valence-corrected chi connectivity index (χ2v) is 10.5. The lowest BCUT2D eigenvalue weighted by atomic mass is 9.79. The van der Waals surface area contributed by atoms with Crippen LogP contribution in [-0.4, -0.2) is 58.8 Å². The molecule has 0 saturated carbocycles. The molecule has 192 valence electrons. The Balaban J connectivity index is 0.000000623. The van der Waals surface area contributed by atoms with Gasteiger partial charge in [0.15, 0.2) is 0 Å². The molecule has 0 bridgehead atoms. The molecule has 2 aromatic rings. The van der Waals surface area contributed by atoms with Crippen molar-refractivity contribution in [2.24, 2.45) is 11.7 Å². The van der Waals surface area contributed by atoms with Gasteiger partial charge in [0, 0.05) is 13.0 Å². The van der Waals surface area contributed by atoms with Gasteiger partial charge in [0.05, 0.1) is 35.4 Å². The quantitative estimate of drug-likeness (QED) is 0.623. The SMILES string of the molecule is CCC(C)CC(=O)N1CCCC1c1nc2ccc(B3OC(C)(C)C(C)(C)O3)cc2[nH]1.COC(N)=O. The van der Waals surface area contributed by atoms with E-state index in [1.165, 1.54) is 7.11 Å². The van der Waals surface area contributed by atoms with Gasteiger partial charge in [-0.15, -0.1) is 0 Å². The first kappa shape index (κ1) is 27.0. The fourth-order valence-corrected chi connectivity index (χ4v) is 4.24. The van der Waals surface area contributed by atoms with Crippen molar-refractivity contribution >= 4 is 35.6 Å². The van der Waals surface area contributed by atoms with E-state index in [0.29, 0.717) is 12.3 Å². The van der Waals surface area contributed by atoms with Crippen LogP contribution < -0.4 is 11.2 Å². The predicted octanol–water partition coefficient (Wildman–Crippen LogP) is 3.67. The van der Waals surface area contributed by atoms with Gasteiger partial charge in [-0.25, -0.2) is 9.78 Å². The highest BCUT2D eigenvalue weighted by molar-refractivity contribution is 6.62. The first-order valence-electron chi connectivity index (χ1n) is 12.4. The van der Waals surface area contributed by atoms with Gasteiger partial charge < -0.3 is 29.7 Å². The third-order valence-electron chi connectivity index (χ3n) is 7.36. The topological polar surface area (TPSA) is 120 Å². The minimum Gasteiger partial charge on any atom is -0.453 e. The number of H-pyrrole nitrogens is 1. The average molecular weight is 486 g/mol. The molecule has 2 amide bonds. The van der Waals surface area contributed by atoms with Crippen molar-refractivity contribution in [2.45, 2.75) is 84.5 Å². The minimum absolute atomic E-state index is 0.0363. The van der Waals surface area contributed by atoms with E-state index >= 15 is 0 Å². The third kappa shape index (κ3) is 5.98. The molecular weight excluding hydrogens is 447 g/mol. The summed E-state index contributed by atoms with van der Waals surface area (Å²) in [5.74, 6) is 1.54. The van der Waals surface area contributed by atoms with Crippen molar-refractivity contribution in [3.8, 4) is 0 Å². The summed E-state index contributed by atoms with van der Waals surface area (Å²) >= 11 is 0. The summed E-state index contributed by atoms with van der Waals surface area (Å²) in [6, 6.07) is 6.13. The lowest BCUT2D eigenvalue weighted by molar-refractivity contribution is -0.133. The zero-order valence-corrected chi connectivity index (χ0v) is 22.0. The number of nitrogens with one attached hydrogen (secondary N) is 1. The summed E-state index contributed by atoms with van der Waals surface area (Å²) in [4.78, 5) is 32.5. The third-order valence-corrected chi connectivity index (χ3v) is 7.36. The number of amides is 2. The maximum atomic E-state index is 12.8. The Bertz CT molecular complexity index is 1040. The molecule has 1 aromatic heterocycles. The Kier molecular flexibility index (Phi) is 8.16. The largest absolute Gasteiger partial charge is 0.494 e. The van der Waals surface area contributed by atoms with E-state index in [4.69, 9.17) is 14.3 Å². The molecule has 2 unspecified atom stereocenters. The van der Waals surface area contributed by atoms with E-state index in [0.717, 1.165) is 48.1 Å². The van der Waals surface area contributed by atoms with E-state index < -0.39 is 13.2 Å². The highest BCUT2D eigenvalue weighted by Crippen LogP contribution is 2.37. The molecule has 3 N–H and O–H groups in total. The summed E-state index contributed by atoms with van der Waals surface area (Å²) in [6.45, 7) is 13.3. The number of aromatic amines is 1. The molecule has 0 radical (unpaired) electrons. The normalized spacial score (nSPS) is 21.5. The van der Waals surface area contributed by atoms with Crippen molar-refractivity contribution in [3.05, 3.63) is 24.0 Å². The molecular formula is C25H39BN4O5. The Hall–Kier alpha value is -2.59. The van der Waals surface area contributed by atoms with Gasteiger partial charge in [-0.2, -0.15) is 0 Å². The average Bonchev–Trinajstić information content (AvgIpc) is 3.49. The maximum Gasteiger partial charge on any atom is 0.494 e. The maximum absolute atomic E-state index is 12.8. The number of likely N-dealkylation sites (tertiary alicyclic amines) is 1. The number of methoxy groups -OCH3 is 1. The Morgan fingerprint density at radius 3 is 2.49 bits per heavy atom. The summed E-state index contributed by atoms with van der Waals surface area (Å²) in [6.07, 6.45) is 2.86. The number of nitrogens with two attached hydrogens (primary N) is 1. The van der Waals surface area contributed by atoms with Crippen LogP contribution in [0.5, 0.6) is 0 Å². The van der Waals surface area contributed by atoms with E-state index in [9.17, 15) is 9.59 Å². The second-order valence-electron chi connectivity index (χ2n) is 10.5. The van der Waals surface area contributed by atoms with Crippen molar-refractivity contribution in [1.29, 1.82) is 0 Å². The molecule has 2 aliphatic rings. The predicted molar refractivity (Wildman–Crippen MR) is 136 cm³/mol. The fourth-order valence-electron chi connectivity index (χ4n) is 4.24. The number of carbonyl (C=O) groups is 2. The molecule has 0 spiro atoms. The number of hydrogen-bond acceptors (Lipinski definition) is 6. The Morgan fingerprint density at radius 1 is 1.29 bits per heavy atom. The lowest BCUT2D eigenvalue weighted by Crippen LogP contribution is -2.41. The van der Waals surface area contributed by atoms with Crippen LogP contribution in [0.3, 0.4) is 0 Å². The molecule has 3 heterocycles. The molecule has 35 heavy (non-hydrogen) atoms. The van der Waals surface area contributed by atoms with Gasteiger partial charge >= 0.3 is 13.2 Å². The summed E-state index contributed by atoms with van der Waals surface area (Å²) in [7, 11) is 0.828. The summed E-state index contributed by atoms with van der Waals surface area (Å²) in [5.41, 5.74) is 6.54. The molecule has 10 heteroatoms. The number of fused-ring (bicyclic) bond motifs is 1. The van der Waals surface area contributed by atoms with Gasteiger partial charge in [-0.05, 0) is 64.1 Å². The smallest absolute Gasteiger partial charge is 0.453 e. The van der Waals surface area contributed by atoms with Gasteiger partial charge in [0.25, 0.3) is 0 Å². The summed E-state index contributed by atoms with van der Waals surface area (Å²) in [5, 5.41) is 0. The van der Waals surface area contributed by atoms with Gasteiger partial charge in [-0.1, -0.05) is 26.3 Å². The number of imidazole rings is 1. The number of hydrogen-bond donors (Lipinski definition) is 2. The number of ether oxygens (including phenoxy) is 1. The van der Waals surface area contributed by atoms with Crippen LogP contribution in [0, 0.1) is 5.92 Å².